The highest BCUT2D eigenvalue weighted by molar-refractivity contribution is 9.11. The molecule has 17 heavy (non-hydrogen) atoms. The van der Waals surface area contributed by atoms with Crippen LogP contribution in [0.25, 0.3) is 10.6 Å². The Morgan fingerprint density at radius 2 is 2.29 bits per heavy atom. The number of nitrogens with zero attached hydrogens (tertiary/aromatic N) is 1. The van der Waals surface area contributed by atoms with Crippen molar-refractivity contribution in [2.75, 3.05) is 6.61 Å². The third-order valence-corrected chi connectivity index (χ3v) is 4.95. The molecule has 0 saturated heterocycles. The minimum absolute atomic E-state index is 0.842. The highest BCUT2D eigenvalue weighted by Crippen LogP contribution is 2.34. The maximum atomic E-state index is 5.62. The van der Waals surface area contributed by atoms with Crippen LogP contribution in [0, 0.1) is 6.92 Å². The van der Waals surface area contributed by atoms with E-state index in [2.05, 4.69) is 39.1 Å². The topological polar surface area (TPSA) is 22.1 Å². The number of fused-ring (bicyclic) bond motifs is 1. The van der Waals surface area contributed by atoms with Gasteiger partial charge in [-0.3, -0.25) is 0 Å². The van der Waals surface area contributed by atoms with E-state index in [1.807, 2.05) is 6.92 Å². The number of benzene rings is 1. The molecule has 0 aliphatic carbocycles. The monoisotopic (exact) mass is 309 g/mol. The van der Waals surface area contributed by atoms with Gasteiger partial charge in [-0.2, -0.15) is 0 Å². The summed E-state index contributed by atoms with van der Waals surface area (Å²) in [6.45, 7) is 2.86. The van der Waals surface area contributed by atoms with Gasteiger partial charge in [0.2, 0.25) is 0 Å². The number of rotatable bonds is 1. The molecule has 0 spiro atoms. The third-order valence-electron chi connectivity index (χ3n) is 2.90. The largest absolute Gasteiger partial charge is 0.493 e. The smallest absolute Gasteiger partial charge is 0.124 e. The fraction of sp³-hybridized carbons (Fsp3) is 0.308. The normalized spacial score (nSPS) is 14.2. The quantitative estimate of drug-likeness (QED) is 0.787. The van der Waals surface area contributed by atoms with Crippen LogP contribution < -0.4 is 4.74 Å². The van der Waals surface area contributed by atoms with E-state index in [1.165, 1.54) is 11.1 Å². The minimum Gasteiger partial charge on any atom is -0.493 e. The van der Waals surface area contributed by atoms with E-state index in [9.17, 15) is 0 Å². The molecule has 1 aromatic heterocycles. The van der Waals surface area contributed by atoms with Crippen molar-refractivity contribution in [2.45, 2.75) is 19.8 Å². The molecule has 0 amide bonds. The third kappa shape index (κ3) is 2.11. The van der Waals surface area contributed by atoms with Crippen molar-refractivity contribution < 1.29 is 4.74 Å². The lowest BCUT2D eigenvalue weighted by atomic mass is 10.0. The number of halogens is 1. The number of ether oxygens (including phenoxy) is 1. The molecule has 3 rings (SSSR count). The van der Waals surface area contributed by atoms with Crippen LogP contribution in [0.3, 0.4) is 0 Å². The lowest BCUT2D eigenvalue weighted by Crippen LogP contribution is -2.07. The van der Waals surface area contributed by atoms with Gasteiger partial charge in [0, 0.05) is 5.56 Å². The Balaban J connectivity index is 2.03. The van der Waals surface area contributed by atoms with Gasteiger partial charge in [0.15, 0.2) is 0 Å². The fourth-order valence-electron chi connectivity index (χ4n) is 1.99. The summed E-state index contributed by atoms with van der Waals surface area (Å²) in [5, 5.41) is 1.07. The predicted molar refractivity (Wildman–Crippen MR) is 73.8 cm³/mol. The zero-order chi connectivity index (χ0) is 11.8. The van der Waals surface area contributed by atoms with Crippen molar-refractivity contribution in [1.29, 1.82) is 0 Å². The molecule has 2 heterocycles. The second-order valence-corrected chi connectivity index (χ2v) is 6.47. The van der Waals surface area contributed by atoms with E-state index in [1.54, 1.807) is 11.3 Å². The summed E-state index contributed by atoms with van der Waals surface area (Å²) < 4.78 is 6.73. The standard InChI is InChI=1S/C13H12BrNOS/c1-8-12(14)17-13(15-8)10-4-5-11-9(7-10)3-2-6-16-11/h4-5,7H,2-3,6H2,1H3. The zero-order valence-corrected chi connectivity index (χ0v) is 11.9. The average Bonchev–Trinajstić information content (AvgIpc) is 2.69. The summed E-state index contributed by atoms with van der Waals surface area (Å²) in [5.41, 5.74) is 3.55. The first-order valence-electron chi connectivity index (χ1n) is 5.63. The average molecular weight is 310 g/mol. The summed E-state index contributed by atoms with van der Waals surface area (Å²) >= 11 is 5.20. The first kappa shape index (κ1) is 11.2. The van der Waals surface area contributed by atoms with Crippen LogP contribution in [0.2, 0.25) is 0 Å². The fourth-order valence-corrected chi connectivity index (χ4v) is 3.33. The van der Waals surface area contributed by atoms with Crippen LogP contribution in [0.5, 0.6) is 5.75 Å². The second-order valence-electron chi connectivity index (χ2n) is 4.15. The molecule has 0 unspecified atom stereocenters. The Labute approximate surface area is 113 Å². The Hall–Kier alpha value is -0.870. The number of aromatic nitrogens is 1. The molecule has 0 radical (unpaired) electrons. The number of hydrogen-bond acceptors (Lipinski definition) is 3. The minimum atomic E-state index is 0.842. The summed E-state index contributed by atoms with van der Waals surface area (Å²) in [5.74, 6) is 1.03. The van der Waals surface area contributed by atoms with Crippen molar-refractivity contribution in [3.8, 4) is 16.3 Å². The molecule has 1 aliphatic heterocycles. The van der Waals surface area contributed by atoms with E-state index in [-0.39, 0.29) is 0 Å². The molecule has 0 atom stereocenters. The molecule has 2 nitrogen and oxygen atoms in total. The van der Waals surface area contributed by atoms with Gasteiger partial charge in [-0.25, -0.2) is 4.98 Å². The molecule has 0 N–H and O–H groups in total. The SMILES string of the molecule is Cc1nc(-c2ccc3c(c2)CCCO3)sc1Br. The molecule has 1 aromatic carbocycles. The Bertz CT molecular complexity index is 545. The summed E-state index contributed by atoms with van der Waals surface area (Å²) in [6.07, 6.45) is 2.21. The highest BCUT2D eigenvalue weighted by atomic mass is 79.9. The molecule has 0 bridgehead atoms. The van der Waals surface area contributed by atoms with Gasteiger partial charge in [-0.05, 0) is 59.5 Å². The van der Waals surface area contributed by atoms with E-state index in [0.717, 1.165) is 39.7 Å². The molecule has 0 fully saturated rings. The van der Waals surface area contributed by atoms with Crippen LogP contribution in [0.15, 0.2) is 22.0 Å². The second kappa shape index (κ2) is 4.42. The number of thiazole rings is 1. The van der Waals surface area contributed by atoms with Gasteiger partial charge in [0.25, 0.3) is 0 Å². The first-order chi connectivity index (χ1) is 8.24. The van der Waals surface area contributed by atoms with Crippen LogP contribution >= 0.6 is 27.3 Å². The molecule has 1 aliphatic rings. The van der Waals surface area contributed by atoms with E-state index in [0.29, 0.717) is 0 Å². The molecular formula is C13H12BrNOS. The molecule has 2 aromatic rings. The molecule has 88 valence electrons. The van der Waals surface area contributed by atoms with Crippen molar-refractivity contribution in [3.05, 3.63) is 33.2 Å². The zero-order valence-electron chi connectivity index (χ0n) is 9.50. The maximum absolute atomic E-state index is 5.62. The van der Waals surface area contributed by atoms with Crippen LogP contribution in [-0.2, 0) is 6.42 Å². The van der Waals surface area contributed by atoms with Crippen molar-refractivity contribution in [3.63, 3.8) is 0 Å². The number of hydrogen-bond donors (Lipinski definition) is 0. The van der Waals surface area contributed by atoms with Gasteiger partial charge in [0.05, 0.1) is 16.1 Å². The Kier molecular flexibility index (Phi) is 2.92. The van der Waals surface area contributed by atoms with E-state index >= 15 is 0 Å². The Morgan fingerprint density at radius 1 is 1.41 bits per heavy atom. The van der Waals surface area contributed by atoms with Gasteiger partial charge in [0.1, 0.15) is 10.8 Å². The van der Waals surface area contributed by atoms with Crippen LogP contribution in [0.1, 0.15) is 17.7 Å². The number of aryl methyl sites for hydroxylation is 2. The van der Waals surface area contributed by atoms with Gasteiger partial charge < -0.3 is 4.74 Å². The highest BCUT2D eigenvalue weighted by Gasteiger charge is 2.13. The van der Waals surface area contributed by atoms with Gasteiger partial charge >= 0.3 is 0 Å². The van der Waals surface area contributed by atoms with Gasteiger partial charge in [-0.15, -0.1) is 11.3 Å². The summed E-state index contributed by atoms with van der Waals surface area (Å²) in [7, 11) is 0. The maximum Gasteiger partial charge on any atom is 0.124 e. The lowest BCUT2D eigenvalue weighted by Gasteiger charge is -2.17. The summed E-state index contributed by atoms with van der Waals surface area (Å²) in [4.78, 5) is 4.56. The van der Waals surface area contributed by atoms with Crippen molar-refractivity contribution in [2.24, 2.45) is 0 Å². The van der Waals surface area contributed by atoms with Crippen molar-refractivity contribution in [1.82, 2.24) is 4.98 Å². The molecule has 4 heteroatoms. The lowest BCUT2D eigenvalue weighted by molar-refractivity contribution is 0.288. The molecule has 0 saturated carbocycles. The Morgan fingerprint density at radius 3 is 3.06 bits per heavy atom. The van der Waals surface area contributed by atoms with Crippen LogP contribution in [0.4, 0.5) is 0 Å². The van der Waals surface area contributed by atoms with E-state index < -0.39 is 0 Å². The molecular weight excluding hydrogens is 298 g/mol. The van der Waals surface area contributed by atoms with Gasteiger partial charge in [-0.1, -0.05) is 0 Å². The van der Waals surface area contributed by atoms with E-state index in [4.69, 9.17) is 4.74 Å². The first-order valence-corrected chi connectivity index (χ1v) is 7.24. The summed E-state index contributed by atoms with van der Waals surface area (Å²) in [6, 6.07) is 6.36. The van der Waals surface area contributed by atoms with Crippen molar-refractivity contribution >= 4 is 27.3 Å². The predicted octanol–water partition coefficient (Wildman–Crippen LogP) is 4.21. The van der Waals surface area contributed by atoms with Crippen LogP contribution in [-0.4, -0.2) is 11.6 Å².